The number of carbonyl (C=O) groups is 1. The van der Waals surface area contributed by atoms with Crippen molar-refractivity contribution in [1.29, 1.82) is 0 Å². The summed E-state index contributed by atoms with van der Waals surface area (Å²) in [6.45, 7) is 0.766. The summed E-state index contributed by atoms with van der Waals surface area (Å²) in [6.07, 6.45) is 15.9. The van der Waals surface area contributed by atoms with Gasteiger partial charge in [0.2, 0.25) is 5.91 Å². The molecular formula is C18H27N3O2. The van der Waals surface area contributed by atoms with Gasteiger partial charge in [-0.1, -0.05) is 19.3 Å². The largest absolute Gasteiger partial charge is 0.375 e. The molecule has 0 radical (unpaired) electrons. The molecule has 23 heavy (non-hydrogen) atoms. The minimum atomic E-state index is -0.357. The summed E-state index contributed by atoms with van der Waals surface area (Å²) >= 11 is 0. The van der Waals surface area contributed by atoms with Crippen LogP contribution >= 0.6 is 0 Å². The van der Waals surface area contributed by atoms with Gasteiger partial charge in [-0.3, -0.25) is 4.79 Å². The molecule has 0 aromatic carbocycles. The highest BCUT2D eigenvalue weighted by Crippen LogP contribution is 2.39. The van der Waals surface area contributed by atoms with E-state index >= 15 is 0 Å². The first-order valence-electron chi connectivity index (χ1n) is 8.96. The minimum Gasteiger partial charge on any atom is -0.375 e. The maximum Gasteiger partial charge on any atom is 0.220 e. The Morgan fingerprint density at radius 3 is 2.74 bits per heavy atom. The van der Waals surface area contributed by atoms with E-state index < -0.39 is 0 Å². The Morgan fingerprint density at radius 1 is 1.26 bits per heavy atom. The molecule has 1 unspecified atom stereocenters. The number of amides is 1. The molecule has 126 valence electrons. The van der Waals surface area contributed by atoms with Gasteiger partial charge in [-0.25, -0.2) is 0 Å². The predicted octanol–water partition coefficient (Wildman–Crippen LogP) is 3.34. The summed E-state index contributed by atoms with van der Waals surface area (Å²) in [4.78, 5) is 12.3. The van der Waals surface area contributed by atoms with Gasteiger partial charge < -0.3 is 10.1 Å². The van der Waals surface area contributed by atoms with Gasteiger partial charge >= 0.3 is 0 Å². The smallest absolute Gasteiger partial charge is 0.220 e. The number of hydrogen-bond donors (Lipinski definition) is 1. The molecule has 0 aromatic heterocycles. The molecule has 2 heterocycles. The standard InChI is InChI=1S/C18H27N3O2/c1-2-3-11-18(20-21-18)12-7-16(22)19-15-8-13-23-17(14-15)9-5-4-6-10-17/h1,15H,3-14H2,(H,19,22). The Hall–Kier alpha value is -1.41. The van der Waals surface area contributed by atoms with Gasteiger partial charge in [0.25, 0.3) is 0 Å². The molecule has 1 amide bonds. The fourth-order valence-electron chi connectivity index (χ4n) is 3.98. The number of carbonyl (C=O) groups excluding carboxylic acids is 1. The van der Waals surface area contributed by atoms with E-state index in [1.807, 2.05) is 0 Å². The third kappa shape index (κ3) is 4.32. The molecule has 5 heteroatoms. The summed E-state index contributed by atoms with van der Waals surface area (Å²) < 4.78 is 6.09. The van der Waals surface area contributed by atoms with Gasteiger partial charge in [0, 0.05) is 38.3 Å². The van der Waals surface area contributed by atoms with Crippen molar-refractivity contribution in [2.24, 2.45) is 10.2 Å². The van der Waals surface area contributed by atoms with Crippen molar-refractivity contribution < 1.29 is 9.53 Å². The number of ether oxygens (including phenoxy) is 1. The zero-order chi connectivity index (χ0) is 16.2. The maximum absolute atomic E-state index is 12.3. The van der Waals surface area contributed by atoms with Crippen LogP contribution in [-0.2, 0) is 9.53 Å². The molecule has 2 fully saturated rings. The van der Waals surface area contributed by atoms with Gasteiger partial charge in [-0.05, 0) is 25.7 Å². The molecule has 0 aromatic rings. The van der Waals surface area contributed by atoms with Crippen molar-refractivity contribution >= 4 is 5.91 Å². The third-order valence-electron chi connectivity index (χ3n) is 5.43. The van der Waals surface area contributed by atoms with Crippen molar-refractivity contribution in [3.63, 3.8) is 0 Å². The maximum atomic E-state index is 12.3. The summed E-state index contributed by atoms with van der Waals surface area (Å²) in [7, 11) is 0. The lowest BCUT2D eigenvalue weighted by molar-refractivity contribution is -0.128. The van der Waals surface area contributed by atoms with E-state index in [9.17, 15) is 4.79 Å². The average Bonchev–Trinajstić information content (AvgIpc) is 3.32. The fraction of sp³-hybridized carbons (Fsp3) is 0.833. The van der Waals surface area contributed by atoms with E-state index in [1.165, 1.54) is 19.3 Å². The van der Waals surface area contributed by atoms with Crippen molar-refractivity contribution in [1.82, 2.24) is 5.32 Å². The molecule has 2 aliphatic heterocycles. The second-order valence-corrected chi connectivity index (χ2v) is 7.24. The number of terminal acetylenes is 1. The second-order valence-electron chi connectivity index (χ2n) is 7.24. The molecule has 0 bridgehead atoms. The van der Waals surface area contributed by atoms with Crippen LogP contribution < -0.4 is 5.32 Å². The Morgan fingerprint density at radius 2 is 2.04 bits per heavy atom. The van der Waals surface area contributed by atoms with Crippen molar-refractivity contribution in [3.8, 4) is 12.3 Å². The lowest BCUT2D eigenvalue weighted by atomic mass is 9.78. The highest BCUT2D eigenvalue weighted by molar-refractivity contribution is 5.76. The van der Waals surface area contributed by atoms with Crippen LogP contribution in [0.5, 0.6) is 0 Å². The van der Waals surface area contributed by atoms with Crippen LogP contribution in [0.4, 0.5) is 0 Å². The Labute approximate surface area is 138 Å². The normalized spacial score (nSPS) is 27.3. The molecule has 1 spiro atoms. The van der Waals surface area contributed by atoms with E-state index in [-0.39, 0.29) is 23.2 Å². The second kappa shape index (κ2) is 7.00. The van der Waals surface area contributed by atoms with Crippen LogP contribution in [0, 0.1) is 12.3 Å². The van der Waals surface area contributed by atoms with E-state index in [1.54, 1.807) is 0 Å². The van der Waals surface area contributed by atoms with Gasteiger partial charge in [0.1, 0.15) is 0 Å². The molecule has 1 N–H and O–H groups in total. The van der Waals surface area contributed by atoms with Crippen LogP contribution in [-0.4, -0.2) is 29.8 Å². The number of rotatable bonds is 6. The summed E-state index contributed by atoms with van der Waals surface area (Å²) in [5.74, 6) is 2.73. The monoisotopic (exact) mass is 317 g/mol. The Kier molecular flexibility index (Phi) is 5.01. The van der Waals surface area contributed by atoms with Gasteiger partial charge in [-0.2, -0.15) is 10.2 Å². The molecule has 1 saturated carbocycles. The highest BCUT2D eigenvalue weighted by Gasteiger charge is 2.41. The van der Waals surface area contributed by atoms with Crippen LogP contribution in [0.1, 0.15) is 70.6 Å². The van der Waals surface area contributed by atoms with E-state index in [0.717, 1.165) is 38.7 Å². The first-order chi connectivity index (χ1) is 11.2. The van der Waals surface area contributed by atoms with Gasteiger partial charge in [0.15, 0.2) is 5.66 Å². The van der Waals surface area contributed by atoms with Crippen LogP contribution in [0.25, 0.3) is 0 Å². The molecular weight excluding hydrogens is 290 g/mol. The third-order valence-corrected chi connectivity index (χ3v) is 5.43. The Balaban J connectivity index is 1.42. The summed E-state index contributed by atoms with van der Waals surface area (Å²) in [6, 6.07) is 0.254. The number of hydrogen-bond acceptors (Lipinski definition) is 4. The SMILES string of the molecule is C#CCCC1(CCC(=O)NC2CCOC3(CCCCC3)C2)N=N1. The molecule has 3 aliphatic rings. The average molecular weight is 317 g/mol. The topological polar surface area (TPSA) is 63.0 Å². The van der Waals surface area contributed by atoms with Gasteiger partial charge in [-0.15, -0.1) is 12.3 Å². The van der Waals surface area contributed by atoms with E-state index in [4.69, 9.17) is 11.2 Å². The lowest BCUT2D eigenvalue weighted by Gasteiger charge is -2.43. The fourth-order valence-corrected chi connectivity index (χ4v) is 3.98. The summed E-state index contributed by atoms with van der Waals surface area (Å²) in [5.41, 5.74) is -0.326. The molecule has 1 saturated heterocycles. The molecule has 3 rings (SSSR count). The zero-order valence-corrected chi connectivity index (χ0v) is 13.9. The number of nitrogens with zero attached hydrogens (tertiary/aromatic N) is 2. The highest BCUT2D eigenvalue weighted by atomic mass is 16.5. The lowest BCUT2D eigenvalue weighted by Crippen LogP contribution is -2.49. The first-order valence-corrected chi connectivity index (χ1v) is 8.96. The number of nitrogens with one attached hydrogen (secondary N) is 1. The van der Waals surface area contributed by atoms with Crippen molar-refractivity contribution in [2.75, 3.05) is 6.61 Å². The predicted molar refractivity (Wildman–Crippen MR) is 87.8 cm³/mol. The quantitative estimate of drug-likeness (QED) is 0.764. The zero-order valence-electron chi connectivity index (χ0n) is 13.9. The van der Waals surface area contributed by atoms with Crippen LogP contribution in [0.3, 0.4) is 0 Å². The van der Waals surface area contributed by atoms with Crippen molar-refractivity contribution in [2.45, 2.75) is 87.9 Å². The van der Waals surface area contributed by atoms with Crippen LogP contribution in [0.15, 0.2) is 10.2 Å². The first kappa shape index (κ1) is 16.4. The molecule has 5 nitrogen and oxygen atoms in total. The van der Waals surface area contributed by atoms with Crippen LogP contribution in [0.2, 0.25) is 0 Å². The minimum absolute atomic E-state index is 0.0314. The van der Waals surface area contributed by atoms with E-state index in [2.05, 4.69) is 21.5 Å². The molecule has 1 aliphatic carbocycles. The van der Waals surface area contributed by atoms with E-state index in [0.29, 0.717) is 19.3 Å². The van der Waals surface area contributed by atoms with Crippen molar-refractivity contribution in [3.05, 3.63) is 0 Å². The summed E-state index contributed by atoms with van der Waals surface area (Å²) in [5, 5.41) is 11.4. The van der Waals surface area contributed by atoms with Gasteiger partial charge in [0.05, 0.1) is 5.60 Å². The molecule has 1 atom stereocenters. The Bertz CT molecular complexity index is 491.